The summed E-state index contributed by atoms with van der Waals surface area (Å²) >= 11 is 0. The Bertz CT molecular complexity index is 2820. The standard InChI is InChI=1S/C46H49N11O4/c1-27(2)32-14-12-31(13-15-32)25-48-46-53-40(52-44-42(29(4)55-57(44)46)33-16-18-36(58-6)38(23-33)60-8)20-22-61-39-24-34(17-19-37(39)59-7)41-28(3)54-56-43(41)50-30(5)51-45(56)49-26-35-11-9-10-21-47-35/h9-19,21,23-24,27H,20,22,25-26H2,1-8H3,(H,48,52,53)(H,49,50,51). The maximum Gasteiger partial charge on any atom is 0.227 e. The molecular weight excluding hydrogens is 771 g/mol. The van der Waals surface area contributed by atoms with Crippen molar-refractivity contribution in [1.29, 1.82) is 0 Å². The Hall–Kier alpha value is -7.29. The molecule has 15 nitrogen and oxygen atoms in total. The fraction of sp³-hybridized carbons (Fsp3) is 0.283. The van der Waals surface area contributed by atoms with Crippen LogP contribution in [0.3, 0.4) is 0 Å². The average molecular weight is 820 g/mol. The van der Waals surface area contributed by atoms with E-state index in [1.807, 2.05) is 75.4 Å². The van der Waals surface area contributed by atoms with Gasteiger partial charge in [0.15, 0.2) is 34.3 Å². The molecule has 5 aromatic heterocycles. The van der Waals surface area contributed by atoms with Crippen LogP contribution in [-0.4, -0.2) is 72.1 Å². The van der Waals surface area contributed by atoms with Crippen molar-refractivity contribution in [3.8, 4) is 45.3 Å². The van der Waals surface area contributed by atoms with Crippen molar-refractivity contribution in [3.05, 3.63) is 125 Å². The van der Waals surface area contributed by atoms with E-state index in [0.717, 1.165) is 44.9 Å². The molecule has 0 fully saturated rings. The molecule has 0 aliphatic heterocycles. The van der Waals surface area contributed by atoms with E-state index in [1.54, 1.807) is 36.6 Å². The molecule has 0 aliphatic carbocycles. The monoisotopic (exact) mass is 819 g/mol. The first-order valence-corrected chi connectivity index (χ1v) is 20.1. The van der Waals surface area contributed by atoms with E-state index in [1.165, 1.54) is 5.56 Å². The van der Waals surface area contributed by atoms with Gasteiger partial charge in [0.05, 0.1) is 51.6 Å². The minimum Gasteiger partial charge on any atom is -0.493 e. The summed E-state index contributed by atoms with van der Waals surface area (Å²) in [7, 11) is 4.87. The molecule has 0 atom stereocenters. The molecule has 0 radical (unpaired) electrons. The van der Waals surface area contributed by atoms with Gasteiger partial charge in [0, 0.05) is 30.3 Å². The molecule has 2 N–H and O–H groups in total. The van der Waals surface area contributed by atoms with Crippen LogP contribution in [0.5, 0.6) is 23.0 Å². The molecule has 0 bridgehead atoms. The zero-order valence-corrected chi connectivity index (χ0v) is 35.6. The Morgan fingerprint density at radius 2 is 1.23 bits per heavy atom. The highest BCUT2D eigenvalue weighted by molar-refractivity contribution is 5.83. The molecule has 8 rings (SSSR count). The van der Waals surface area contributed by atoms with Crippen molar-refractivity contribution in [2.75, 3.05) is 38.6 Å². The first kappa shape index (κ1) is 40.5. The Labute approximate surface area is 354 Å². The molecule has 0 spiro atoms. The number of fused-ring (bicyclic) bond motifs is 2. The van der Waals surface area contributed by atoms with E-state index >= 15 is 0 Å². The maximum atomic E-state index is 6.49. The van der Waals surface area contributed by atoms with E-state index in [4.69, 9.17) is 44.1 Å². The molecule has 3 aromatic carbocycles. The van der Waals surface area contributed by atoms with Gasteiger partial charge in [-0.25, -0.2) is 9.97 Å². The van der Waals surface area contributed by atoms with Crippen molar-refractivity contribution in [2.45, 2.75) is 60.0 Å². The van der Waals surface area contributed by atoms with Gasteiger partial charge >= 0.3 is 0 Å². The Kier molecular flexibility index (Phi) is 11.6. The third kappa shape index (κ3) is 8.44. The molecule has 61 heavy (non-hydrogen) atoms. The van der Waals surface area contributed by atoms with Crippen LogP contribution in [0.15, 0.2) is 85.1 Å². The summed E-state index contributed by atoms with van der Waals surface area (Å²) in [5.74, 6) is 5.18. The van der Waals surface area contributed by atoms with Crippen LogP contribution in [0, 0.1) is 20.8 Å². The van der Waals surface area contributed by atoms with Crippen molar-refractivity contribution < 1.29 is 18.9 Å². The Morgan fingerprint density at radius 3 is 1.85 bits per heavy atom. The number of benzene rings is 3. The van der Waals surface area contributed by atoms with Crippen LogP contribution in [0.2, 0.25) is 0 Å². The van der Waals surface area contributed by atoms with Crippen LogP contribution in [0.1, 0.15) is 59.6 Å². The molecule has 5 heterocycles. The highest BCUT2D eigenvalue weighted by Gasteiger charge is 2.22. The third-order valence-corrected chi connectivity index (χ3v) is 10.4. The van der Waals surface area contributed by atoms with Gasteiger partial charge in [0.1, 0.15) is 11.6 Å². The molecule has 0 aliphatic rings. The van der Waals surface area contributed by atoms with Crippen LogP contribution >= 0.6 is 0 Å². The summed E-state index contributed by atoms with van der Waals surface area (Å²) in [6.07, 6.45) is 2.16. The number of hydrogen-bond donors (Lipinski definition) is 2. The van der Waals surface area contributed by atoms with Gasteiger partial charge in [0.25, 0.3) is 0 Å². The molecular formula is C46H49N11O4. The van der Waals surface area contributed by atoms with Gasteiger partial charge in [-0.2, -0.15) is 29.2 Å². The van der Waals surface area contributed by atoms with Gasteiger partial charge in [-0.05, 0) is 85.3 Å². The number of pyridine rings is 1. The highest BCUT2D eigenvalue weighted by atomic mass is 16.5. The SMILES string of the molecule is COc1ccc(-c2c(C)nn3c(NCc4ccc(C(C)C)cc4)nc(CCOc4cc(-c5c(C)nn6c(NCc7ccccn7)nc(C)nc56)ccc4OC)nc23)cc1OC. The quantitative estimate of drug-likeness (QED) is 0.0961. The molecule has 0 unspecified atom stereocenters. The van der Waals surface area contributed by atoms with Crippen molar-refractivity contribution >= 4 is 23.2 Å². The smallest absolute Gasteiger partial charge is 0.227 e. The first-order chi connectivity index (χ1) is 29.6. The number of anilines is 2. The van der Waals surface area contributed by atoms with Gasteiger partial charge < -0.3 is 29.6 Å². The normalized spacial score (nSPS) is 11.4. The zero-order chi connectivity index (χ0) is 42.6. The van der Waals surface area contributed by atoms with Crippen LogP contribution in [0.4, 0.5) is 11.9 Å². The van der Waals surface area contributed by atoms with Gasteiger partial charge in [-0.15, -0.1) is 0 Å². The molecule has 0 saturated carbocycles. The molecule has 312 valence electrons. The lowest BCUT2D eigenvalue weighted by Gasteiger charge is -2.14. The maximum absolute atomic E-state index is 6.49. The largest absolute Gasteiger partial charge is 0.493 e. The minimum atomic E-state index is 0.265. The Balaban J connectivity index is 1.09. The number of ether oxygens (including phenoxy) is 4. The summed E-state index contributed by atoms with van der Waals surface area (Å²) in [6.45, 7) is 11.5. The second-order valence-corrected chi connectivity index (χ2v) is 14.9. The summed E-state index contributed by atoms with van der Waals surface area (Å²) in [4.78, 5) is 23.9. The fourth-order valence-electron chi connectivity index (χ4n) is 7.31. The number of nitrogens with one attached hydrogen (secondary N) is 2. The van der Waals surface area contributed by atoms with Gasteiger partial charge in [-0.1, -0.05) is 56.3 Å². The van der Waals surface area contributed by atoms with Gasteiger partial charge in [0.2, 0.25) is 11.9 Å². The minimum absolute atomic E-state index is 0.265. The van der Waals surface area contributed by atoms with E-state index < -0.39 is 0 Å². The van der Waals surface area contributed by atoms with Crippen molar-refractivity contribution in [2.24, 2.45) is 0 Å². The Morgan fingerprint density at radius 1 is 0.623 bits per heavy atom. The van der Waals surface area contributed by atoms with Crippen molar-refractivity contribution in [1.82, 2.24) is 44.1 Å². The average Bonchev–Trinajstić information content (AvgIpc) is 3.79. The first-order valence-electron chi connectivity index (χ1n) is 20.1. The van der Waals surface area contributed by atoms with Crippen LogP contribution in [-0.2, 0) is 19.5 Å². The zero-order valence-electron chi connectivity index (χ0n) is 35.6. The molecule has 0 amide bonds. The second kappa shape index (κ2) is 17.5. The lowest BCUT2D eigenvalue weighted by molar-refractivity contribution is 0.295. The number of hydrogen-bond acceptors (Lipinski definition) is 13. The predicted octanol–water partition coefficient (Wildman–Crippen LogP) is 8.21. The van der Waals surface area contributed by atoms with E-state index in [0.29, 0.717) is 83.3 Å². The summed E-state index contributed by atoms with van der Waals surface area (Å²) < 4.78 is 26.9. The van der Waals surface area contributed by atoms with E-state index in [-0.39, 0.29) is 6.61 Å². The van der Waals surface area contributed by atoms with E-state index in [9.17, 15) is 0 Å². The predicted molar refractivity (Wildman–Crippen MR) is 235 cm³/mol. The molecule has 15 heteroatoms. The van der Waals surface area contributed by atoms with Gasteiger partial charge in [-0.3, -0.25) is 4.98 Å². The van der Waals surface area contributed by atoms with Crippen LogP contribution < -0.4 is 29.6 Å². The second-order valence-electron chi connectivity index (χ2n) is 14.9. The van der Waals surface area contributed by atoms with Crippen molar-refractivity contribution in [3.63, 3.8) is 0 Å². The molecule has 8 aromatic rings. The molecule has 0 saturated heterocycles. The topological polar surface area (TPSA) is 160 Å². The fourth-order valence-corrected chi connectivity index (χ4v) is 7.31. The number of aryl methyl sites for hydroxylation is 3. The van der Waals surface area contributed by atoms with E-state index in [2.05, 4.69) is 58.7 Å². The summed E-state index contributed by atoms with van der Waals surface area (Å²) in [5, 5.41) is 16.7. The summed E-state index contributed by atoms with van der Waals surface area (Å²) in [5.41, 5.74) is 9.69. The lowest BCUT2D eigenvalue weighted by atomic mass is 10.0. The number of nitrogens with zero attached hydrogens (tertiary/aromatic N) is 9. The summed E-state index contributed by atoms with van der Waals surface area (Å²) in [6, 6.07) is 26.1. The number of methoxy groups -OCH3 is 3. The van der Waals surface area contributed by atoms with Crippen LogP contribution in [0.25, 0.3) is 33.5 Å². The highest BCUT2D eigenvalue weighted by Crippen LogP contribution is 2.38. The number of rotatable bonds is 16. The lowest BCUT2D eigenvalue weighted by Crippen LogP contribution is -2.13. The number of aromatic nitrogens is 9. The third-order valence-electron chi connectivity index (χ3n) is 10.4.